The van der Waals surface area contributed by atoms with E-state index in [1.54, 1.807) is 29.5 Å². The van der Waals surface area contributed by atoms with Crippen LogP contribution in [0.15, 0.2) is 30.3 Å². The number of rotatable bonds is 4. The van der Waals surface area contributed by atoms with Crippen LogP contribution >= 0.6 is 22.9 Å². The van der Waals surface area contributed by atoms with Crippen LogP contribution in [0.4, 0.5) is 8.78 Å². The molecular weight excluding hydrogens is 290 g/mol. The van der Waals surface area contributed by atoms with Gasteiger partial charge in [0, 0.05) is 15.3 Å². The van der Waals surface area contributed by atoms with Crippen molar-refractivity contribution in [1.29, 1.82) is 0 Å². The highest BCUT2D eigenvalue weighted by Gasteiger charge is 2.20. The van der Waals surface area contributed by atoms with Crippen LogP contribution in [0, 0.1) is 13.8 Å². The fourth-order valence-corrected chi connectivity index (χ4v) is 3.40. The predicted octanol–water partition coefficient (Wildman–Crippen LogP) is 5.29. The monoisotopic (exact) mass is 302 g/mol. The van der Waals surface area contributed by atoms with Crippen LogP contribution in [0.2, 0.25) is 0 Å². The number of halogens is 3. The van der Waals surface area contributed by atoms with Crippen LogP contribution in [0.25, 0.3) is 0 Å². The average molecular weight is 303 g/mol. The molecule has 1 aromatic heterocycles. The second kappa shape index (κ2) is 5.88. The van der Waals surface area contributed by atoms with Gasteiger partial charge in [-0.05, 0) is 31.5 Å². The maximum absolute atomic E-state index is 12.4. The molecule has 1 aromatic carbocycles. The number of benzene rings is 1. The van der Waals surface area contributed by atoms with Gasteiger partial charge in [-0.3, -0.25) is 0 Å². The summed E-state index contributed by atoms with van der Waals surface area (Å²) in [5, 5.41) is -0.486. The van der Waals surface area contributed by atoms with Gasteiger partial charge in [-0.1, -0.05) is 18.2 Å². The van der Waals surface area contributed by atoms with Crippen molar-refractivity contribution in [1.82, 2.24) is 0 Å². The number of ether oxygens (including phenoxy) is 1. The molecule has 0 aliphatic rings. The van der Waals surface area contributed by atoms with Gasteiger partial charge >= 0.3 is 6.61 Å². The number of aryl methyl sites for hydroxylation is 2. The Labute approximate surface area is 119 Å². The minimum Gasteiger partial charge on any atom is -0.434 e. The molecule has 2 aromatic rings. The summed E-state index contributed by atoms with van der Waals surface area (Å²) in [5.41, 5.74) is 1.50. The van der Waals surface area contributed by atoms with E-state index in [0.717, 1.165) is 15.3 Å². The fourth-order valence-electron chi connectivity index (χ4n) is 1.96. The van der Waals surface area contributed by atoms with Gasteiger partial charge in [-0.25, -0.2) is 0 Å². The minimum absolute atomic E-state index is 0.126. The molecule has 0 bridgehead atoms. The molecule has 1 heterocycles. The summed E-state index contributed by atoms with van der Waals surface area (Å²) < 4.78 is 29.3. The Balaban J connectivity index is 2.38. The highest BCUT2D eigenvalue weighted by Crippen LogP contribution is 2.39. The van der Waals surface area contributed by atoms with Crippen molar-refractivity contribution in [2.75, 3.05) is 0 Å². The molecule has 0 N–H and O–H groups in total. The first kappa shape index (κ1) is 14.3. The number of alkyl halides is 3. The molecule has 0 aliphatic heterocycles. The molecule has 2 rings (SSSR count). The lowest BCUT2D eigenvalue weighted by molar-refractivity contribution is -0.0504. The lowest BCUT2D eigenvalue weighted by Crippen LogP contribution is -2.05. The summed E-state index contributed by atoms with van der Waals surface area (Å²) in [7, 11) is 0. The molecule has 0 amide bonds. The molecule has 0 saturated carbocycles. The normalized spacial score (nSPS) is 12.7. The van der Waals surface area contributed by atoms with Crippen molar-refractivity contribution >= 4 is 22.9 Å². The van der Waals surface area contributed by atoms with Crippen LogP contribution in [0.1, 0.15) is 26.3 Å². The lowest BCUT2D eigenvalue weighted by atomic mass is 10.0. The van der Waals surface area contributed by atoms with E-state index >= 15 is 0 Å². The van der Waals surface area contributed by atoms with Crippen molar-refractivity contribution in [2.24, 2.45) is 0 Å². The van der Waals surface area contributed by atoms with Gasteiger partial charge in [0.2, 0.25) is 0 Å². The summed E-state index contributed by atoms with van der Waals surface area (Å²) >= 11 is 8.06. The van der Waals surface area contributed by atoms with Crippen molar-refractivity contribution in [3.05, 3.63) is 51.2 Å². The summed E-state index contributed by atoms with van der Waals surface area (Å²) in [6.07, 6.45) is 0. The Morgan fingerprint density at radius 1 is 1.16 bits per heavy atom. The zero-order valence-corrected chi connectivity index (χ0v) is 12.1. The Kier molecular flexibility index (Phi) is 4.42. The lowest BCUT2D eigenvalue weighted by Gasteiger charge is -2.15. The molecule has 0 spiro atoms. The van der Waals surface area contributed by atoms with Crippen molar-refractivity contribution in [3.63, 3.8) is 0 Å². The SMILES string of the molecule is Cc1cc(C(Cl)c2ccccc2OC(F)F)c(C)s1. The van der Waals surface area contributed by atoms with Gasteiger partial charge in [0.1, 0.15) is 5.75 Å². The summed E-state index contributed by atoms with van der Waals surface area (Å²) in [6.45, 7) is 1.11. The van der Waals surface area contributed by atoms with Crippen LogP contribution in [0.3, 0.4) is 0 Å². The quantitative estimate of drug-likeness (QED) is 0.697. The number of para-hydroxylation sites is 1. The molecule has 5 heteroatoms. The minimum atomic E-state index is -2.85. The van der Waals surface area contributed by atoms with Gasteiger partial charge in [0.15, 0.2) is 0 Å². The van der Waals surface area contributed by atoms with E-state index in [2.05, 4.69) is 4.74 Å². The average Bonchev–Trinajstić information content (AvgIpc) is 2.67. The van der Waals surface area contributed by atoms with Crippen LogP contribution in [0.5, 0.6) is 5.75 Å². The van der Waals surface area contributed by atoms with E-state index in [0.29, 0.717) is 5.56 Å². The number of hydrogen-bond donors (Lipinski definition) is 0. The summed E-state index contributed by atoms with van der Waals surface area (Å²) in [4.78, 5) is 2.23. The zero-order valence-electron chi connectivity index (χ0n) is 10.5. The van der Waals surface area contributed by atoms with E-state index in [9.17, 15) is 8.78 Å². The summed E-state index contributed by atoms with van der Waals surface area (Å²) in [5.74, 6) is 0.126. The third-order valence-electron chi connectivity index (χ3n) is 2.76. The van der Waals surface area contributed by atoms with Gasteiger partial charge in [0.25, 0.3) is 0 Å². The van der Waals surface area contributed by atoms with Crippen molar-refractivity contribution in [3.8, 4) is 5.75 Å². The van der Waals surface area contributed by atoms with Gasteiger partial charge in [-0.2, -0.15) is 8.78 Å². The molecule has 0 aliphatic carbocycles. The van der Waals surface area contributed by atoms with E-state index in [1.165, 1.54) is 6.07 Å². The predicted molar refractivity (Wildman–Crippen MR) is 74.6 cm³/mol. The molecule has 0 radical (unpaired) electrons. The third-order valence-corrected chi connectivity index (χ3v) is 4.21. The molecule has 1 nitrogen and oxygen atoms in total. The first-order valence-electron chi connectivity index (χ1n) is 5.73. The zero-order chi connectivity index (χ0) is 14.0. The number of hydrogen-bond acceptors (Lipinski definition) is 2. The number of thiophene rings is 1. The van der Waals surface area contributed by atoms with Crippen molar-refractivity contribution < 1.29 is 13.5 Å². The van der Waals surface area contributed by atoms with E-state index in [4.69, 9.17) is 11.6 Å². The van der Waals surface area contributed by atoms with E-state index in [1.807, 2.05) is 19.9 Å². The first-order valence-corrected chi connectivity index (χ1v) is 6.99. The molecule has 1 unspecified atom stereocenters. The molecular formula is C14H13ClF2OS. The van der Waals surface area contributed by atoms with Gasteiger partial charge in [-0.15, -0.1) is 22.9 Å². The maximum Gasteiger partial charge on any atom is 0.387 e. The molecule has 19 heavy (non-hydrogen) atoms. The topological polar surface area (TPSA) is 9.23 Å². The smallest absolute Gasteiger partial charge is 0.387 e. The second-order valence-electron chi connectivity index (χ2n) is 4.15. The van der Waals surface area contributed by atoms with Crippen LogP contribution < -0.4 is 4.74 Å². The summed E-state index contributed by atoms with van der Waals surface area (Å²) in [6, 6.07) is 8.61. The highest BCUT2D eigenvalue weighted by molar-refractivity contribution is 7.12. The highest BCUT2D eigenvalue weighted by atomic mass is 35.5. The first-order chi connectivity index (χ1) is 8.99. The Hall–Kier alpha value is -1.13. The van der Waals surface area contributed by atoms with Crippen LogP contribution in [-0.4, -0.2) is 6.61 Å². The maximum atomic E-state index is 12.4. The Morgan fingerprint density at radius 3 is 2.42 bits per heavy atom. The second-order valence-corrected chi connectivity index (χ2v) is 6.04. The van der Waals surface area contributed by atoms with Crippen LogP contribution in [-0.2, 0) is 0 Å². The molecule has 0 saturated heterocycles. The van der Waals surface area contributed by atoms with Gasteiger partial charge < -0.3 is 4.74 Å². The van der Waals surface area contributed by atoms with Crippen molar-refractivity contribution in [2.45, 2.75) is 25.8 Å². The Morgan fingerprint density at radius 2 is 1.84 bits per heavy atom. The molecule has 1 atom stereocenters. The molecule has 102 valence electrons. The largest absolute Gasteiger partial charge is 0.434 e. The fraction of sp³-hybridized carbons (Fsp3) is 0.286. The standard InChI is InChI=1S/C14H13ClF2OS/c1-8-7-11(9(2)19-8)13(15)10-5-3-4-6-12(10)18-14(16)17/h3-7,13-14H,1-2H3. The van der Waals surface area contributed by atoms with Gasteiger partial charge in [0.05, 0.1) is 5.38 Å². The van der Waals surface area contributed by atoms with E-state index in [-0.39, 0.29) is 5.75 Å². The van der Waals surface area contributed by atoms with E-state index < -0.39 is 12.0 Å². The third kappa shape index (κ3) is 3.25. The Bertz CT molecular complexity index is 568. The molecule has 0 fully saturated rings.